The van der Waals surface area contributed by atoms with Crippen LogP contribution in [0.3, 0.4) is 0 Å². The van der Waals surface area contributed by atoms with E-state index in [0.29, 0.717) is 22.9 Å². The first-order valence-electron chi connectivity index (χ1n) is 24.4. The molecule has 0 N–H and O–H groups in total. The number of ether oxygens (including phenoxy) is 1. The number of pyridine rings is 1. The van der Waals surface area contributed by atoms with Gasteiger partial charge in [-0.1, -0.05) is 60.7 Å². The van der Waals surface area contributed by atoms with Crippen LogP contribution >= 0.6 is 0 Å². The molecule has 11 rings (SSSR count). The van der Waals surface area contributed by atoms with E-state index >= 15 is 0 Å². The standard InChI is InChI=1S/C58H46BN5O.Pt/c1-58(2,3)44-24-17-23-43(39-44)50-32-19-31-49(42-21-7-4-8-22-42)57(50)62-41-61(51-33-13-14-34-52(51)62)47-29-18-30-48(40-47)65-56-38-20-37-55(60-56)64-54-36-16-15-35-53(54)63(46-27-11-6-12-28-46)59(64)45-25-9-5-10-26-45;/h4-40H,1-3H3;/i4D,7D,8D,21D,22D;. The van der Waals surface area contributed by atoms with Gasteiger partial charge in [0.2, 0.25) is 0 Å². The fraction of sp³-hybridized carbons (Fsp3) is 0.0690. The number of para-hydroxylation sites is 6. The topological polar surface area (TPSA) is 38.5 Å². The van der Waals surface area contributed by atoms with Gasteiger partial charge in [0.05, 0.1) is 0 Å². The van der Waals surface area contributed by atoms with Gasteiger partial charge in [-0.05, 0) is 18.2 Å². The zero-order chi connectivity index (χ0) is 49.1. The van der Waals surface area contributed by atoms with Crippen LogP contribution in [0.1, 0.15) is 33.2 Å². The van der Waals surface area contributed by atoms with Crippen molar-refractivity contribution in [2.24, 2.45) is 0 Å². The summed E-state index contributed by atoms with van der Waals surface area (Å²) in [7, 11) is 0. The van der Waals surface area contributed by atoms with Crippen molar-refractivity contribution in [2.75, 3.05) is 9.62 Å². The van der Waals surface area contributed by atoms with E-state index in [1.54, 1.807) is 0 Å². The Labute approximate surface area is 404 Å². The average Bonchev–Trinajstić information content (AvgIpc) is 3.89. The first kappa shape index (κ1) is 35.8. The second kappa shape index (κ2) is 17.2. The molecule has 0 saturated heterocycles. The maximum absolute atomic E-state index is 9.17. The van der Waals surface area contributed by atoms with Crippen LogP contribution in [0.4, 0.5) is 22.9 Å². The van der Waals surface area contributed by atoms with Gasteiger partial charge in [-0.2, -0.15) is 0 Å². The number of nitrogens with zero attached hydrogens (tertiary/aromatic N) is 5. The van der Waals surface area contributed by atoms with E-state index in [1.165, 1.54) is 0 Å². The third-order valence-electron chi connectivity index (χ3n) is 12.0. The number of fused-ring (bicyclic) bond motifs is 2. The number of rotatable bonds is 9. The minimum atomic E-state index is -0.435. The molecule has 0 atom stereocenters. The Bertz CT molecular complexity index is 3720. The molecular formula is C58H46BN5OPt. The van der Waals surface area contributed by atoms with Crippen LogP contribution in [0.5, 0.6) is 11.6 Å². The van der Waals surface area contributed by atoms with E-state index < -0.39 is 6.04 Å². The summed E-state index contributed by atoms with van der Waals surface area (Å²) in [6.45, 7) is 6.31. The molecule has 0 fully saturated rings. The minimum absolute atomic E-state index is 0.130. The molecule has 0 unspecified atom stereocenters. The van der Waals surface area contributed by atoms with Gasteiger partial charge in [-0.3, -0.25) is 0 Å². The molecule has 0 saturated carbocycles. The van der Waals surface area contributed by atoms with Crippen molar-refractivity contribution in [3.05, 3.63) is 234 Å². The van der Waals surface area contributed by atoms with Crippen molar-refractivity contribution < 1.29 is 30.9 Å². The Kier molecular flexibility index (Phi) is 9.31. The summed E-state index contributed by atoms with van der Waals surface area (Å²) in [6.07, 6.45) is 0. The fourth-order valence-corrected chi connectivity index (χ4v) is 10.1. The number of anilines is 4. The Hall–Kier alpha value is -7.47. The van der Waals surface area contributed by atoms with Gasteiger partial charge in [0.25, 0.3) is 0 Å². The van der Waals surface area contributed by atoms with Crippen LogP contribution in [0.15, 0.2) is 224 Å². The summed E-state index contributed by atoms with van der Waals surface area (Å²) in [5.74, 6) is 1.74. The molecular weight excluding hydrogens is 989 g/mol. The van der Waals surface area contributed by atoms with Gasteiger partial charge in [0, 0.05) is 5.69 Å². The van der Waals surface area contributed by atoms with Gasteiger partial charge < -0.3 is 0 Å². The van der Waals surface area contributed by atoms with Crippen molar-refractivity contribution in [1.82, 2.24) is 14.1 Å². The molecule has 66 heavy (non-hydrogen) atoms. The third-order valence-corrected chi connectivity index (χ3v) is 13.1. The van der Waals surface area contributed by atoms with E-state index in [4.69, 9.17) is 13.8 Å². The molecule has 1 aliphatic heterocycles. The molecule has 6 nitrogen and oxygen atoms in total. The van der Waals surface area contributed by atoms with Gasteiger partial charge in [-0.15, -0.1) is 0 Å². The van der Waals surface area contributed by atoms with Crippen LogP contribution in [0.2, 0.25) is 0 Å². The summed E-state index contributed by atoms with van der Waals surface area (Å²) in [5.41, 5.74) is 11.0. The molecule has 1 aliphatic rings. The molecule has 10 aromatic rings. The maximum atomic E-state index is 9.17. The summed E-state index contributed by atoms with van der Waals surface area (Å²) in [5, 5.41) is 0. The van der Waals surface area contributed by atoms with E-state index in [9.17, 15) is 2.74 Å². The third kappa shape index (κ3) is 7.49. The normalized spacial score (nSPS) is 13.5. The zero-order valence-corrected chi connectivity index (χ0v) is 38.8. The Balaban J connectivity index is 1.04. The average molecular weight is 1040 g/mol. The second-order valence-electron chi connectivity index (χ2n) is 17.2. The van der Waals surface area contributed by atoms with Crippen LogP contribution in [-0.4, -0.2) is 21.1 Å². The van der Waals surface area contributed by atoms with E-state index in [0.717, 1.165) is 65.6 Å². The van der Waals surface area contributed by atoms with Crippen LogP contribution < -0.4 is 19.8 Å². The molecule has 8 aromatic carbocycles. The number of hydrogen-bond donors (Lipinski definition) is 0. The summed E-state index contributed by atoms with van der Waals surface area (Å²) < 4.78 is 56.0. The Morgan fingerprint density at radius 1 is 0.545 bits per heavy atom. The summed E-state index contributed by atoms with van der Waals surface area (Å²) in [4.78, 5) is 9.81. The van der Waals surface area contributed by atoms with E-state index in [2.05, 4.69) is 168 Å². The van der Waals surface area contributed by atoms with E-state index in [-0.39, 0.29) is 42.1 Å². The monoisotopic (exact) mass is 1040 g/mol. The number of imidazole rings is 1. The predicted molar refractivity (Wildman–Crippen MR) is 269 cm³/mol. The molecule has 322 valence electrons. The predicted octanol–water partition coefficient (Wildman–Crippen LogP) is 14.0. The summed E-state index contributed by atoms with van der Waals surface area (Å²) >= 11 is 2.34. The van der Waals surface area contributed by atoms with Gasteiger partial charge in [0.1, 0.15) is 0 Å². The number of hydrogen-bond acceptors (Lipinski definition) is 4. The van der Waals surface area contributed by atoms with Gasteiger partial charge in [-0.25, -0.2) is 0 Å². The second-order valence-corrected chi connectivity index (χ2v) is 18.2. The molecule has 0 radical (unpaired) electrons. The van der Waals surface area contributed by atoms with Crippen LogP contribution in [-0.2, 0) is 24.8 Å². The van der Waals surface area contributed by atoms with Crippen molar-refractivity contribution in [2.45, 2.75) is 26.2 Å². The van der Waals surface area contributed by atoms with Gasteiger partial charge in [0.15, 0.2) is 0 Å². The SMILES string of the molecule is [2H]c1c([2H])c([2H])c(-c2cccc(-c3cccc(C(C)(C)C)c3)c2-n2[c](=[Pt])n(-c3cccc(Oc4cccc(N5B(c6ccccc6)N(c6ccccc6)c6ccccc65)n4)c3)c3ccccc32)c([2H])c1[2H]. The van der Waals surface area contributed by atoms with Crippen molar-refractivity contribution in [1.29, 1.82) is 0 Å². The Morgan fingerprint density at radius 2 is 1.15 bits per heavy atom. The molecule has 2 aromatic heterocycles. The molecule has 0 spiro atoms. The van der Waals surface area contributed by atoms with Gasteiger partial charge >= 0.3 is 322 Å². The molecule has 0 aliphatic carbocycles. The Morgan fingerprint density at radius 3 is 1.89 bits per heavy atom. The van der Waals surface area contributed by atoms with Crippen molar-refractivity contribution in [3.8, 4) is 45.3 Å². The molecule has 8 heteroatoms. The van der Waals surface area contributed by atoms with Crippen molar-refractivity contribution >= 4 is 46.4 Å². The zero-order valence-electron chi connectivity index (χ0n) is 41.5. The first-order valence-corrected chi connectivity index (χ1v) is 23.0. The summed E-state index contributed by atoms with van der Waals surface area (Å²) in [6, 6.07) is 63.7. The number of aromatic nitrogens is 3. The molecule has 3 heterocycles. The quantitative estimate of drug-likeness (QED) is 0.135. The van der Waals surface area contributed by atoms with Crippen LogP contribution in [0.25, 0.3) is 44.7 Å². The molecule has 0 amide bonds. The van der Waals surface area contributed by atoms with Crippen LogP contribution in [0, 0.1) is 3.80 Å². The fourth-order valence-electron chi connectivity index (χ4n) is 9.02. The molecule has 0 bridgehead atoms. The first-order chi connectivity index (χ1) is 34.4. The van der Waals surface area contributed by atoms with E-state index in [1.807, 2.05) is 84.9 Å². The van der Waals surface area contributed by atoms with Crippen molar-refractivity contribution in [3.63, 3.8) is 0 Å². The number of benzene rings is 8.